The minimum Gasteiger partial charge on any atom is -0.460 e. The van der Waals surface area contributed by atoms with Gasteiger partial charge in [0.25, 0.3) is 5.91 Å². The van der Waals surface area contributed by atoms with Crippen molar-refractivity contribution in [2.45, 2.75) is 13.8 Å². The van der Waals surface area contributed by atoms with Crippen molar-refractivity contribution in [2.24, 2.45) is 0 Å². The summed E-state index contributed by atoms with van der Waals surface area (Å²) in [6, 6.07) is 16.7. The Hall–Kier alpha value is -4.20. The number of benzene rings is 2. The summed E-state index contributed by atoms with van der Waals surface area (Å²) in [5.41, 5.74) is 1.59. The first-order chi connectivity index (χ1) is 14.9. The van der Waals surface area contributed by atoms with E-state index in [1.54, 1.807) is 29.9 Å². The Kier molecular flexibility index (Phi) is 5.36. The van der Waals surface area contributed by atoms with Gasteiger partial charge >= 0.3 is 0 Å². The van der Waals surface area contributed by atoms with Crippen LogP contribution in [0.1, 0.15) is 23.0 Å². The van der Waals surface area contributed by atoms with Gasteiger partial charge in [-0.2, -0.15) is 5.10 Å². The second-order valence-electron chi connectivity index (χ2n) is 6.91. The zero-order valence-corrected chi connectivity index (χ0v) is 16.8. The lowest BCUT2D eigenvalue weighted by Crippen LogP contribution is -2.14. The van der Waals surface area contributed by atoms with E-state index in [9.17, 15) is 14.0 Å². The number of rotatable bonds is 5. The van der Waals surface area contributed by atoms with Crippen molar-refractivity contribution in [2.75, 3.05) is 10.6 Å². The van der Waals surface area contributed by atoms with Gasteiger partial charge in [-0.1, -0.05) is 18.2 Å². The molecule has 0 aliphatic rings. The highest BCUT2D eigenvalue weighted by atomic mass is 19.1. The average Bonchev–Trinajstić information content (AvgIpc) is 3.37. The van der Waals surface area contributed by atoms with E-state index >= 15 is 0 Å². The van der Waals surface area contributed by atoms with Crippen LogP contribution in [-0.2, 0) is 4.79 Å². The van der Waals surface area contributed by atoms with E-state index < -0.39 is 11.7 Å². The van der Waals surface area contributed by atoms with Gasteiger partial charge in [0, 0.05) is 18.8 Å². The van der Waals surface area contributed by atoms with E-state index in [2.05, 4.69) is 15.7 Å². The normalized spacial score (nSPS) is 10.7. The Balaban J connectivity index is 1.72. The molecule has 0 saturated heterocycles. The second-order valence-corrected chi connectivity index (χ2v) is 6.91. The monoisotopic (exact) mass is 418 g/mol. The van der Waals surface area contributed by atoms with Crippen LogP contribution in [0, 0.1) is 12.7 Å². The van der Waals surface area contributed by atoms with Crippen molar-refractivity contribution >= 4 is 23.2 Å². The number of furan rings is 1. The van der Waals surface area contributed by atoms with Gasteiger partial charge in [-0.25, -0.2) is 9.07 Å². The van der Waals surface area contributed by atoms with E-state index in [0.717, 1.165) is 5.69 Å². The highest BCUT2D eigenvalue weighted by Crippen LogP contribution is 2.27. The predicted octanol–water partition coefficient (Wildman–Crippen LogP) is 4.79. The van der Waals surface area contributed by atoms with Crippen LogP contribution in [0.5, 0.6) is 0 Å². The fraction of sp³-hybridized carbons (Fsp3) is 0.0870. The summed E-state index contributed by atoms with van der Waals surface area (Å²) < 4.78 is 21.5. The van der Waals surface area contributed by atoms with E-state index in [4.69, 9.17) is 4.42 Å². The lowest BCUT2D eigenvalue weighted by Gasteiger charge is -2.09. The molecule has 2 amide bonds. The van der Waals surface area contributed by atoms with Crippen LogP contribution in [-0.4, -0.2) is 21.6 Å². The number of carbonyl (C=O) groups is 2. The van der Waals surface area contributed by atoms with Crippen molar-refractivity contribution < 1.29 is 18.4 Å². The SMILES string of the molecule is CC(=O)Nc1ccc(F)c(NC(=O)c2cn(-c3ccccc3)nc2-c2ccc(C)o2)c1. The molecule has 4 aromatic rings. The van der Waals surface area contributed by atoms with Gasteiger partial charge in [-0.3, -0.25) is 9.59 Å². The molecule has 0 fully saturated rings. The summed E-state index contributed by atoms with van der Waals surface area (Å²) in [5.74, 6) is -0.406. The highest BCUT2D eigenvalue weighted by molar-refractivity contribution is 6.08. The summed E-state index contributed by atoms with van der Waals surface area (Å²) >= 11 is 0. The van der Waals surface area contributed by atoms with Gasteiger partial charge in [-0.15, -0.1) is 0 Å². The van der Waals surface area contributed by atoms with Gasteiger partial charge in [0.15, 0.2) is 5.76 Å². The first-order valence-electron chi connectivity index (χ1n) is 9.51. The first-order valence-corrected chi connectivity index (χ1v) is 9.51. The molecule has 0 aliphatic carbocycles. The minimum atomic E-state index is -0.631. The van der Waals surface area contributed by atoms with Crippen LogP contribution in [0.15, 0.2) is 71.3 Å². The lowest BCUT2D eigenvalue weighted by atomic mass is 10.2. The van der Waals surface area contributed by atoms with E-state index in [-0.39, 0.29) is 17.2 Å². The zero-order valence-electron chi connectivity index (χ0n) is 16.8. The molecule has 8 heteroatoms. The number of para-hydroxylation sites is 1. The van der Waals surface area contributed by atoms with Gasteiger partial charge in [-0.05, 0) is 49.4 Å². The number of amides is 2. The molecular weight excluding hydrogens is 399 g/mol. The molecule has 0 spiro atoms. The Morgan fingerprint density at radius 3 is 2.48 bits per heavy atom. The maximum Gasteiger partial charge on any atom is 0.259 e. The fourth-order valence-corrected chi connectivity index (χ4v) is 3.09. The Morgan fingerprint density at radius 1 is 1.03 bits per heavy atom. The van der Waals surface area contributed by atoms with Gasteiger partial charge in [0.05, 0.1) is 16.9 Å². The Labute approximate surface area is 177 Å². The third-order valence-electron chi connectivity index (χ3n) is 4.49. The third-order valence-corrected chi connectivity index (χ3v) is 4.49. The van der Waals surface area contributed by atoms with Crippen LogP contribution in [0.2, 0.25) is 0 Å². The predicted molar refractivity (Wildman–Crippen MR) is 115 cm³/mol. The van der Waals surface area contributed by atoms with Crippen LogP contribution in [0.25, 0.3) is 17.1 Å². The topological polar surface area (TPSA) is 89.2 Å². The molecule has 0 bridgehead atoms. The molecule has 0 radical (unpaired) electrons. The number of hydrogen-bond donors (Lipinski definition) is 2. The van der Waals surface area contributed by atoms with Gasteiger partial charge in [0.2, 0.25) is 5.91 Å². The zero-order chi connectivity index (χ0) is 22.0. The van der Waals surface area contributed by atoms with Gasteiger partial charge in [0.1, 0.15) is 17.3 Å². The molecular formula is C23H19FN4O3. The van der Waals surface area contributed by atoms with Crippen molar-refractivity contribution in [3.63, 3.8) is 0 Å². The standard InChI is InChI=1S/C23H19FN4O3/c1-14-8-11-21(31-14)22-18(13-28(27-22)17-6-4-3-5-7-17)23(30)26-20-12-16(25-15(2)29)9-10-19(20)24/h3-13H,1-2H3,(H,25,29)(H,26,30). The van der Waals surface area contributed by atoms with E-state index in [1.807, 2.05) is 30.3 Å². The molecule has 4 rings (SSSR count). The van der Waals surface area contributed by atoms with Crippen LogP contribution < -0.4 is 10.6 Å². The maximum atomic E-state index is 14.3. The third kappa shape index (κ3) is 4.37. The van der Waals surface area contributed by atoms with Crippen LogP contribution in [0.4, 0.5) is 15.8 Å². The summed E-state index contributed by atoms with van der Waals surface area (Å²) in [6.07, 6.45) is 1.56. The van der Waals surface area contributed by atoms with E-state index in [1.165, 1.54) is 25.1 Å². The molecule has 0 atom stereocenters. The molecule has 156 valence electrons. The quantitative estimate of drug-likeness (QED) is 0.488. The molecule has 0 unspecified atom stereocenters. The molecule has 7 nitrogen and oxygen atoms in total. The summed E-state index contributed by atoms with van der Waals surface area (Å²) in [6.45, 7) is 3.14. The second kappa shape index (κ2) is 8.27. The van der Waals surface area contributed by atoms with Crippen molar-refractivity contribution in [3.05, 3.63) is 84.0 Å². The molecule has 0 aliphatic heterocycles. The number of hydrogen-bond acceptors (Lipinski definition) is 4. The molecule has 0 saturated carbocycles. The molecule has 2 N–H and O–H groups in total. The molecule has 2 aromatic heterocycles. The first kappa shape index (κ1) is 20.1. The number of aromatic nitrogens is 2. The lowest BCUT2D eigenvalue weighted by molar-refractivity contribution is -0.114. The Morgan fingerprint density at radius 2 is 1.81 bits per heavy atom. The molecule has 2 aromatic carbocycles. The summed E-state index contributed by atoms with van der Waals surface area (Å²) in [5, 5.41) is 9.64. The number of anilines is 2. The highest BCUT2D eigenvalue weighted by Gasteiger charge is 2.22. The fourth-order valence-electron chi connectivity index (χ4n) is 3.09. The summed E-state index contributed by atoms with van der Waals surface area (Å²) in [7, 11) is 0. The molecule has 31 heavy (non-hydrogen) atoms. The van der Waals surface area contributed by atoms with E-state index in [0.29, 0.717) is 22.9 Å². The number of aryl methyl sites for hydroxylation is 1. The van der Waals surface area contributed by atoms with Crippen molar-refractivity contribution in [1.29, 1.82) is 0 Å². The largest absolute Gasteiger partial charge is 0.460 e. The number of nitrogens with one attached hydrogen (secondary N) is 2. The summed E-state index contributed by atoms with van der Waals surface area (Å²) in [4.78, 5) is 24.4. The number of nitrogens with zero attached hydrogens (tertiary/aromatic N) is 2. The van der Waals surface area contributed by atoms with Crippen molar-refractivity contribution in [3.8, 4) is 17.1 Å². The number of carbonyl (C=O) groups excluding carboxylic acids is 2. The van der Waals surface area contributed by atoms with Gasteiger partial charge < -0.3 is 15.1 Å². The molecule has 2 heterocycles. The average molecular weight is 418 g/mol. The number of halogens is 1. The van der Waals surface area contributed by atoms with Crippen LogP contribution >= 0.6 is 0 Å². The van der Waals surface area contributed by atoms with Crippen LogP contribution in [0.3, 0.4) is 0 Å². The maximum absolute atomic E-state index is 14.3. The minimum absolute atomic E-state index is 0.0645. The Bertz CT molecular complexity index is 1260. The smallest absolute Gasteiger partial charge is 0.259 e. The van der Waals surface area contributed by atoms with Crippen molar-refractivity contribution in [1.82, 2.24) is 9.78 Å².